The highest BCUT2D eigenvalue weighted by molar-refractivity contribution is 5.87. The van der Waals surface area contributed by atoms with Crippen molar-refractivity contribution in [1.82, 2.24) is 30.1 Å². The molecule has 1 rings (SSSR count). The van der Waals surface area contributed by atoms with E-state index in [0.29, 0.717) is 12.4 Å². The van der Waals surface area contributed by atoms with Gasteiger partial charge in [-0.25, -0.2) is 4.79 Å². The Morgan fingerprint density at radius 2 is 2.00 bits per heavy atom. The molecule has 112 valence electrons. The first-order valence-corrected chi connectivity index (χ1v) is 6.18. The number of carbonyl (C=O) groups is 2. The second-order valence-corrected chi connectivity index (χ2v) is 4.74. The summed E-state index contributed by atoms with van der Waals surface area (Å²) in [5.41, 5.74) is 0. The molecule has 0 spiro atoms. The molecule has 0 bridgehead atoms. The topological polar surface area (TPSA) is 95.4 Å². The molecule has 9 heteroatoms. The fourth-order valence-electron chi connectivity index (χ4n) is 1.26. The van der Waals surface area contributed by atoms with Gasteiger partial charge in [0.05, 0.1) is 6.20 Å². The zero-order valence-electron chi connectivity index (χ0n) is 12.3. The lowest BCUT2D eigenvalue weighted by molar-refractivity contribution is -0.122. The summed E-state index contributed by atoms with van der Waals surface area (Å²) in [5.74, 6) is 0.137. The predicted molar refractivity (Wildman–Crippen MR) is 74.3 cm³/mol. The van der Waals surface area contributed by atoms with Crippen LogP contribution in [0.5, 0.6) is 0 Å². The summed E-state index contributed by atoms with van der Waals surface area (Å²) >= 11 is 0. The van der Waals surface area contributed by atoms with Gasteiger partial charge in [0.1, 0.15) is 6.54 Å². The van der Waals surface area contributed by atoms with Gasteiger partial charge in [-0.15, -0.1) is 5.10 Å². The molecule has 1 aromatic heterocycles. The number of hydrogen-bond donors (Lipinski definition) is 2. The zero-order chi connectivity index (χ0) is 15.1. The average Bonchev–Trinajstić information content (AvgIpc) is 2.75. The first kappa shape index (κ1) is 15.9. The summed E-state index contributed by atoms with van der Waals surface area (Å²) in [5, 5.41) is 13.2. The SMILES string of the molecule is CN(C)CCNC(=O)Cn1ncc(NC(=O)N(C)C)n1. The number of urea groups is 1. The lowest BCUT2D eigenvalue weighted by atomic mass is 10.5. The number of amides is 3. The molecule has 0 atom stereocenters. The van der Waals surface area contributed by atoms with Crippen LogP contribution >= 0.6 is 0 Å². The Hall–Kier alpha value is -2.16. The van der Waals surface area contributed by atoms with Crippen molar-refractivity contribution in [2.75, 3.05) is 46.6 Å². The Morgan fingerprint density at radius 3 is 2.60 bits per heavy atom. The summed E-state index contributed by atoms with van der Waals surface area (Å²) in [7, 11) is 7.11. The Labute approximate surface area is 117 Å². The molecule has 0 saturated heterocycles. The molecule has 20 heavy (non-hydrogen) atoms. The summed E-state index contributed by atoms with van der Waals surface area (Å²) in [4.78, 5) is 27.6. The second-order valence-electron chi connectivity index (χ2n) is 4.74. The number of rotatable bonds is 6. The van der Waals surface area contributed by atoms with Gasteiger partial charge in [-0.05, 0) is 14.1 Å². The molecular weight excluding hydrogens is 262 g/mol. The van der Waals surface area contributed by atoms with Crippen molar-refractivity contribution in [3.05, 3.63) is 6.20 Å². The Kier molecular flexibility index (Phi) is 5.91. The molecule has 1 heterocycles. The van der Waals surface area contributed by atoms with Gasteiger partial charge < -0.3 is 15.1 Å². The van der Waals surface area contributed by atoms with E-state index in [4.69, 9.17) is 0 Å². The van der Waals surface area contributed by atoms with E-state index >= 15 is 0 Å². The minimum atomic E-state index is -0.299. The highest BCUT2D eigenvalue weighted by atomic mass is 16.2. The van der Waals surface area contributed by atoms with E-state index in [1.165, 1.54) is 15.9 Å². The number of hydrogen-bond acceptors (Lipinski definition) is 5. The second kappa shape index (κ2) is 7.43. The quantitative estimate of drug-likeness (QED) is 0.702. The van der Waals surface area contributed by atoms with E-state index in [0.717, 1.165) is 6.54 Å². The maximum absolute atomic E-state index is 11.6. The van der Waals surface area contributed by atoms with Crippen LogP contribution in [0.3, 0.4) is 0 Å². The monoisotopic (exact) mass is 283 g/mol. The Morgan fingerprint density at radius 1 is 1.30 bits per heavy atom. The number of aromatic nitrogens is 3. The van der Waals surface area contributed by atoms with E-state index in [1.54, 1.807) is 14.1 Å². The van der Waals surface area contributed by atoms with E-state index in [2.05, 4.69) is 20.8 Å². The van der Waals surface area contributed by atoms with Crippen molar-refractivity contribution in [1.29, 1.82) is 0 Å². The van der Waals surface area contributed by atoms with Crippen LogP contribution in [0, 0.1) is 0 Å². The number of anilines is 1. The van der Waals surface area contributed by atoms with E-state index in [9.17, 15) is 9.59 Å². The predicted octanol–water partition coefficient (Wildman–Crippen LogP) is -0.951. The van der Waals surface area contributed by atoms with E-state index in [1.807, 2.05) is 19.0 Å². The summed E-state index contributed by atoms with van der Waals surface area (Å²) in [6, 6.07) is -0.299. The van der Waals surface area contributed by atoms with Crippen LogP contribution < -0.4 is 10.6 Å². The number of nitrogens with one attached hydrogen (secondary N) is 2. The fraction of sp³-hybridized carbons (Fsp3) is 0.636. The normalized spacial score (nSPS) is 10.4. The molecule has 0 fully saturated rings. The smallest absolute Gasteiger partial charge is 0.322 e. The number of likely N-dealkylation sites (N-methyl/N-ethyl adjacent to an activating group) is 1. The van der Waals surface area contributed by atoms with Crippen LogP contribution in [0.2, 0.25) is 0 Å². The van der Waals surface area contributed by atoms with Crippen molar-refractivity contribution in [2.45, 2.75) is 6.54 Å². The maximum Gasteiger partial charge on any atom is 0.322 e. The largest absolute Gasteiger partial charge is 0.353 e. The molecule has 0 aliphatic heterocycles. The van der Waals surface area contributed by atoms with Gasteiger partial charge in [-0.2, -0.15) is 9.90 Å². The van der Waals surface area contributed by atoms with E-state index in [-0.39, 0.29) is 18.5 Å². The van der Waals surface area contributed by atoms with Crippen molar-refractivity contribution in [3.8, 4) is 0 Å². The van der Waals surface area contributed by atoms with E-state index < -0.39 is 0 Å². The van der Waals surface area contributed by atoms with Gasteiger partial charge in [0.25, 0.3) is 0 Å². The molecule has 2 N–H and O–H groups in total. The zero-order valence-corrected chi connectivity index (χ0v) is 12.3. The molecule has 1 aromatic rings. The molecule has 3 amide bonds. The van der Waals surface area contributed by atoms with Crippen molar-refractivity contribution in [2.24, 2.45) is 0 Å². The average molecular weight is 283 g/mol. The van der Waals surface area contributed by atoms with Crippen molar-refractivity contribution >= 4 is 17.8 Å². The van der Waals surface area contributed by atoms with Crippen LogP contribution in [0.1, 0.15) is 0 Å². The minimum Gasteiger partial charge on any atom is -0.353 e. The highest BCUT2D eigenvalue weighted by Gasteiger charge is 2.09. The molecule has 0 aliphatic rings. The van der Waals surface area contributed by atoms with Crippen molar-refractivity contribution in [3.63, 3.8) is 0 Å². The molecule has 0 aliphatic carbocycles. The highest BCUT2D eigenvalue weighted by Crippen LogP contribution is 1.99. The summed E-state index contributed by atoms with van der Waals surface area (Å²) in [6.45, 7) is 1.35. The van der Waals surface area contributed by atoms with Gasteiger partial charge in [0.15, 0.2) is 5.82 Å². The van der Waals surface area contributed by atoms with Crippen LogP contribution in [0.15, 0.2) is 6.20 Å². The molecule has 0 unspecified atom stereocenters. The lowest BCUT2D eigenvalue weighted by Crippen LogP contribution is -2.34. The fourth-order valence-corrected chi connectivity index (χ4v) is 1.26. The molecular formula is C11H21N7O2. The van der Waals surface area contributed by atoms with Gasteiger partial charge in [0.2, 0.25) is 5.91 Å². The summed E-state index contributed by atoms with van der Waals surface area (Å²) < 4.78 is 0. The van der Waals surface area contributed by atoms with Crippen LogP contribution in [0.25, 0.3) is 0 Å². The molecule has 0 radical (unpaired) electrons. The van der Waals surface area contributed by atoms with Gasteiger partial charge in [-0.1, -0.05) is 0 Å². The molecule has 9 nitrogen and oxygen atoms in total. The van der Waals surface area contributed by atoms with Gasteiger partial charge in [-0.3, -0.25) is 10.1 Å². The van der Waals surface area contributed by atoms with Crippen LogP contribution in [-0.2, 0) is 11.3 Å². The van der Waals surface area contributed by atoms with Gasteiger partial charge in [0, 0.05) is 27.2 Å². The number of carbonyl (C=O) groups excluding carboxylic acids is 2. The standard InChI is InChI=1S/C11H21N7O2/c1-16(2)6-5-12-10(19)8-18-13-7-9(15-18)14-11(20)17(3)4/h7H,5-6,8H2,1-4H3,(H,12,19)(H,14,15,20). The third-order valence-corrected chi connectivity index (χ3v) is 2.34. The minimum absolute atomic E-state index is 0.0191. The first-order chi connectivity index (χ1) is 9.38. The number of nitrogens with zero attached hydrogens (tertiary/aromatic N) is 5. The lowest BCUT2D eigenvalue weighted by Gasteiger charge is -2.10. The third-order valence-electron chi connectivity index (χ3n) is 2.34. The maximum atomic E-state index is 11.6. The molecule has 0 aromatic carbocycles. The van der Waals surface area contributed by atoms with Crippen molar-refractivity contribution < 1.29 is 9.59 Å². The Bertz CT molecular complexity index is 455. The van der Waals surface area contributed by atoms with Crippen LogP contribution in [0.4, 0.5) is 10.6 Å². The summed E-state index contributed by atoms with van der Waals surface area (Å²) in [6.07, 6.45) is 1.40. The van der Waals surface area contributed by atoms with Gasteiger partial charge >= 0.3 is 6.03 Å². The third kappa shape index (κ3) is 5.65. The molecule has 0 saturated carbocycles. The first-order valence-electron chi connectivity index (χ1n) is 6.18. The Balaban J connectivity index is 2.40. The van der Waals surface area contributed by atoms with Crippen LogP contribution in [-0.4, -0.2) is 78.0 Å².